The summed E-state index contributed by atoms with van der Waals surface area (Å²) in [5.41, 5.74) is 0. The molecule has 0 rings (SSSR count). The SMILES string of the molecule is CP=S=O. The summed E-state index contributed by atoms with van der Waals surface area (Å²) in [6.45, 7) is 1.80. The monoisotopic (exact) mass is 94.0 g/mol. The minimum absolute atomic E-state index is 0.579. The van der Waals surface area contributed by atoms with Crippen LogP contribution in [0, 0.1) is 0 Å². The molecule has 0 aliphatic heterocycles. The van der Waals surface area contributed by atoms with Crippen LogP contribution in [0.4, 0.5) is 0 Å². The van der Waals surface area contributed by atoms with Gasteiger partial charge in [-0.2, -0.15) is 0 Å². The van der Waals surface area contributed by atoms with Crippen molar-refractivity contribution in [2.24, 2.45) is 0 Å². The van der Waals surface area contributed by atoms with Crippen molar-refractivity contribution in [2.75, 3.05) is 6.66 Å². The van der Waals surface area contributed by atoms with Gasteiger partial charge in [0, 0.05) is 7.36 Å². The van der Waals surface area contributed by atoms with Crippen LogP contribution in [0.3, 0.4) is 0 Å². The Morgan fingerprint density at radius 1 is 2.00 bits per heavy atom. The van der Waals surface area contributed by atoms with E-state index in [1.165, 1.54) is 0 Å². The van der Waals surface area contributed by atoms with Crippen molar-refractivity contribution in [3.8, 4) is 0 Å². The van der Waals surface area contributed by atoms with Gasteiger partial charge in [-0.15, -0.1) is 0 Å². The maximum Gasteiger partial charge on any atom is 0.113 e. The molecular formula is CH3OPS. The third kappa shape index (κ3) is 2.32. The van der Waals surface area contributed by atoms with E-state index in [0.29, 0.717) is 10.8 Å². The molecule has 0 amide bonds. The average Bonchev–Trinajstić information content (AvgIpc) is 1.37. The zero-order valence-corrected chi connectivity index (χ0v) is 3.97. The number of rotatable bonds is 0. The van der Waals surface area contributed by atoms with Crippen LogP contribution in [-0.2, 0) is 10.8 Å². The molecule has 0 unspecified atom stereocenters. The minimum atomic E-state index is 0.579. The highest BCUT2D eigenvalue weighted by Gasteiger charge is 1.32. The molecule has 0 aromatic heterocycles. The first-order valence-corrected chi connectivity index (χ1v) is 3.48. The Morgan fingerprint density at radius 2 is 2.25 bits per heavy atom. The standard InChI is InChI=1S/CH3OPS/c1-3-4-2/h1H3. The van der Waals surface area contributed by atoms with Gasteiger partial charge in [0.2, 0.25) is 0 Å². The molecule has 24 valence electrons. The van der Waals surface area contributed by atoms with Crippen LogP contribution < -0.4 is 0 Å². The Bertz CT molecular complexity index is 46.0. The fourth-order valence-electron chi connectivity index (χ4n) is 0. The zero-order chi connectivity index (χ0) is 3.41. The van der Waals surface area contributed by atoms with Gasteiger partial charge in [0.15, 0.2) is 0 Å². The second-order valence-corrected chi connectivity index (χ2v) is 2.31. The molecule has 4 heavy (non-hydrogen) atoms. The van der Waals surface area contributed by atoms with Crippen LogP contribution in [0.5, 0.6) is 0 Å². The lowest BCUT2D eigenvalue weighted by atomic mass is 12.0. The van der Waals surface area contributed by atoms with Crippen LogP contribution in [0.15, 0.2) is 0 Å². The molecule has 0 fully saturated rings. The van der Waals surface area contributed by atoms with Crippen molar-refractivity contribution >= 4 is 18.2 Å². The molecule has 0 saturated heterocycles. The molecule has 0 atom stereocenters. The first-order chi connectivity index (χ1) is 1.91. The molecule has 0 radical (unpaired) electrons. The average molecular weight is 94.1 g/mol. The van der Waals surface area contributed by atoms with E-state index in [9.17, 15) is 4.21 Å². The molecule has 0 aliphatic rings. The van der Waals surface area contributed by atoms with Crippen molar-refractivity contribution in [1.29, 1.82) is 0 Å². The molecule has 0 saturated carbocycles. The lowest BCUT2D eigenvalue weighted by Crippen LogP contribution is -1.15. The van der Waals surface area contributed by atoms with Gasteiger partial charge < -0.3 is 0 Å². The van der Waals surface area contributed by atoms with E-state index in [4.69, 9.17) is 0 Å². The van der Waals surface area contributed by atoms with Gasteiger partial charge >= 0.3 is 0 Å². The zero-order valence-electron chi connectivity index (χ0n) is 2.26. The molecule has 0 heterocycles. The predicted octanol–water partition coefficient (Wildman–Crippen LogP) is 0.690. The fraction of sp³-hybridized carbons (Fsp3) is 1.00. The van der Waals surface area contributed by atoms with Crippen molar-refractivity contribution in [1.82, 2.24) is 0 Å². The molecule has 1 nitrogen and oxygen atoms in total. The molecule has 0 aromatic rings. The molecule has 3 heteroatoms. The Morgan fingerprint density at radius 3 is 2.25 bits per heavy atom. The van der Waals surface area contributed by atoms with Crippen LogP contribution >= 0.6 is 7.36 Å². The second-order valence-electron chi connectivity index (χ2n) is 0.257. The Labute approximate surface area is 29.9 Å². The van der Waals surface area contributed by atoms with Gasteiger partial charge in [-0.3, -0.25) is 0 Å². The van der Waals surface area contributed by atoms with Gasteiger partial charge in [-0.05, 0) is 6.66 Å². The molecule has 0 N–H and O–H groups in total. The van der Waals surface area contributed by atoms with Crippen molar-refractivity contribution in [3.63, 3.8) is 0 Å². The van der Waals surface area contributed by atoms with Crippen molar-refractivity contribution < 1.29 is 4.21 Å². The van der Waals surface area contributed by atoms with E-state index in [0.717, 1.165) is 7.36 Å². The second kappa shape index (κ2) is 3.32. The van der Waals surface area contributed by atoms with Crippen molar-refractivity contribution in [3.05, 3.63) is 0 Å². The summed E-state index contributed by atoms with van der Waals surface area (Å²) in [5.74, 6) is 0. The largest absolute Gasteiger partial charge is 0.208 e. The smallest absolute Gasteiger partial charge is 0.113 e. The Hall–Kier alpha value is 0.320. The molecule has 0 spiro atoms. The summed E-state index contributed by atoms with van der Waals surface area (Å²) in [6, 6.07) is 0. The predicted molar refractivity (Wildman–Crippen MR) is 21.0 cm³/mol. The molecule has 0 bridgehead atoms. The van der Waals surface area contributed by atoms with Crippen LogP contribution in [0.2, 0.25) is 0 Å². The lowest BCUT2D eigenvalue weighted by Gasteiger charge is -1.30. The maximum absolute atomic E-state index is 9.20. The Balaban J connectivity index is 3.11. The molecule has 0 aliphatic carbocycles. The van der Waals surface area contributed by atoms with E-state index < -0.39 is 0 Å². The third-order valence-electron chi connectivity index (χ3n) is 0.0745. The van der Waals surface area contributed by atoms with E-state index in [1.54, 1.807) is 6.66 Å². The normalized spacial score (nSPS) is 7.25. The topological polar surface area (TPSA) is 17.1 Å². The van der Waals surface area contributed by atoms with Gasteiger partial charge in [-0.25, -0.2) is 4.21 Å². The van der Waals surface area contributed by atoms with E-state index in [-0.39, 0.29) is 0 Å². The summed E-state index contributed by atoms with van der Waals surface area (Å²) >= 11 is 0. The van der Waals surface area contributed by atoms with Gasteiger partial charge in [0.1, 0.15) is 10.8 Å². The highest BCUT2D eigenvalue weighted by Crippen LogP contribution is 1.72. The lowest BCUT2D eigenvalue weighted by molar-refractivity contribution is 0.701. The summed E-state index contributed by atoms with van der Waals surface area (Å²) < 4.78 is 9.20. The first-order valence-electron chi connectivity index (χ1n) is 0.796. The summed E-state index contributed by atoms with van der Waals surface area (Å²) in [7, 11) is 1.44. The van der Waals surface area contributed by atoms with Crippen molar-refractivity contribution in [2.45, 2.75) is 0 Å². The Kier molecular flexibility index (Phi) is 3.59. The molecular weight excluding hydrogens is 91.1 g/mol. The van der Waals surface area contributed by atoms with E-state index in [2.05, 4.69) is 0 Å². The van der Waals surface area contributed by atoms with Gasteiger partial charge in [0.05, 0.1) is 0 Å². The van der Waals surface area contributed by atoms with Gasteiger partial charge in [-0.1, -0.05) is 0 Å². The fourth-order valence-corrected chi connectivity index (χ4v) is 0. The minimum Gasteiger partial charge on any atom is -0.208 e. The number of hydrogen-bond donors (Lipinski definition) is 0. The van der Waals surface area contributed by atoms with Gasteiger partial charge in [0.25, 0.3) is 0 Å². The third-order valence-corrected chi connectivity index (χ3v) is 0.671. The van der Waals surface area contributed by atoms with Crippen LogP contribution in [0.25, 0.3) is 0 Å². The maximum atomic E-state index is 9.20. The number of hydrogen-bond acceptors (Lipinski definition) is 1. The van der Waals surface area contributed by atoms with Crippen LogP contribution in [-0.4, -0.2) is 10.9 Å². The summed E-state index contributed by atoms with van der Waals surface area (Å²) in [5, 5.41) is 0. The quantitative estimate of drug-likeness (QED) is 0.403. The first kappa shape index (κ1) is 4.32. The summed E-state index contributed by atoms with van der Waals surface area (Å²) in [4.78, 5) is 0. The summed E-state index contributed by atoms with van der Waals surface area (Å²) in [6.07, 6.45) is 0. The van der Waals surface area contributed by atoms with E-state index in [1.807, 2.05) is 0 Å². The molecule has 0 aromatic carbocycles. The van der Waals surface area contributed by atoms with Crippen LogP contribution in [0.1, 0.15) is 0 Å². The van der Waals surface area contributed by atoms with E-state index >= 15 is 0 Å². The highest BCUT2D eigenvalue weighted by molar-refractivity contribution is 8.00. The highest BCUT2D eigenvalue weighted by atomic mass is 32.4.